The van der Waals surface area contributed by atoms with Crippen molar-refractivity contribution in [2.75, 3.05) is 10.6 Å². The Bertz CT molecular complexity index is 2200. The van der Waals surface area contributed by atoms with Crippen molar-refractivity contribution in [3.63, 3.8) is 0 Å². The molecule has 2 atom stereocenters. The third kappa shape index (κ3) is 8.42. The largest absolute Gasteiger partial charge is 0.362 e. The van der Waals surface area contributed by atoms with Crippen LogP contribution in [0.3, 0.4) is 0 Å². The highest BCUT2D eigenvalue weighted by molar-refractivity contribution is 5.91. The topological polar surface area (TPSA) is 24.1 Å². The Morgan fingerprint density at radius 1 is 0.673 bits per heavy atom. The fraction of sp³-hybridized carbons (Fsp3) is 0.120. The lowest BCUT2D eigenvalue weighted by atomic mass is 9.82. The summed E-state index contributed by atoms with van der Waals surface area (Å²) in [5.41, 5.74) is 15.3. The first-order valence-electron chi connectivity index (χ1n) is 18.3. The number of hydrogen-bond acceptors (Lipinski definition) is 2. The number of benzene rings is 5. The van der Waals surface area contributed by atoms with Crippen LogP contribution in [-0.2, 0) is 0 Å². The smallest absolute Gasteiger partial charge is 0.0382 e. The zero-order valence-electron chi connectivity index (χ0n) is 30.1. The molecule has 0 saturated heterocycles. The molecule has 2 nitrogen and oxygen atoms in total. The van der Waals surface area contributed by atoms with Crippen molar-refractivity contribution < 1.29 is 0 Å². The van der Waals surface area contributed by atoms with E-state index in [-0.39, 0.29) is 5.92 Å². The van der Waals surface area contributed by atoms with Gasteiger partial charge < -0.3 is 10.6 Å². The quantitative estimate of drug-likeness (QED) is 0.136. The monoisotopic (exact) mass is 674 g/mol. The Morgan fingerprint density at radius 2 is 1.33 bits per heavy atom. The number of para-hydroxylation sites is 1. The summed E-state index contributed by atoms with van der Waals surface area (Å²) < 4.78 is 0. The maximum Gasteiger partial charge on any atom is 0.0382 e. The molecule has 5 aromatic carbocycles. The highest BCUT2D eigenvalue weighted by Crippen LogP contribution is 2.40. The predicted octanol–water partition coefficient (Wildman–Crippen LogP) is 13.4. The molecule has 0 heterocycles. The molecule has 7 rings (SSSR count). The van der Waals surface area contributed by atoms with Crippen LogP contribution in [0.4, 0.5) is 11.4 Å². The predicted molar refractivity (Wildman–Crippen MR) is 224 cm³/mol. The van der Waals surface area contributed by atoms with E-state index in [0.29, 0.717) is 5.92 Å². The van der Waals surface area contributed by atoms with Crippen molar-refractivity contribution in [3.8, 4) is 11.1 Å². The van der Waals surface area contributed by atoms with E-state index in [2.05, 4.69) is 189 Å². The first-order chi connectivity index (χ1) is 25.5. The minimum absolute atomic E-state index is 0.283. The van der Waals surface area contributed by atoms with Gasteiger partial charge in [0.15, 0.2) is 0 Å². The number of anilines is 2. The number of rotatable bonds is 11. The molecular formula is C50H46N2. The van der Waals surface area contributed by atoms with Crippen LogP contribution in [0.1, 0.15) is 43.4 Å². The maximum absolute atomic E-state index is 4.53. The summed E-state index contributed by atoms with van der Waals surface area (Å²) in [6.07, 6.45) is 17.4. The highest BCUT2D eigenvalue weighted by atomic mass is 14.9. The van der Waals surface area contributed by atoms with Crippen LogP contribution in [0, 0.1) is 11.8 Å². The third-order valence-electron chi connectivity index (χ3n) is 9.86. The Morgan fingerprint density at radius 3 is 2.04 bits per heavy atom. The van der Waals surface area contributed by atoms with Crippen molar-refractivity contribution in [1.82, 2.24) is 0 Å². The number of hydrogen-bond donors (Lipinski definition) is 2. The lowest BCUT2D eigenvalue weighted by molar-refractivity contribution is 0.705. The molecule has 5 aromatic rings. The molecule has 2 aliphatic rings. The summed E-state index contributed by atoms with van der Waals surface area (Å²) in [7, 11) is 0. The molecule has 2 N–H and O–H groups in total. The van der Waals surface area contributed by atoms with Gasteiger partial charge in [0.05, 0.1) is 0 Å². The Kier molecular flexibility index (Phi) is 10.7. The van der Waals surface area contributed by atoms with Gasteiger partial charge in [0.25, 0.3) is 0 Å². The highest BCUT2D eigenvalue weighted by Gasteiger charge is 2.23. The molecule has 0 spiro atoms. The third-order valence-corrected chi connectivity index (χ3v) is 9.86. The minimum atomic E-state index is 0.283. The molecule has 0 fully saturated rings. The summed E-state index contributed by atoms with van der Waals surface area (Å²) in [4.78, 5) is 0. The van der Waals surface area contributed by atoms with E-state index in [1.54, 1.807) is 0 Å². The van der Waals surface area contributed by atoms with Crippen LogP contribution in [0.15, 0.2) is 206 Å². The van der Waals surface area contributed by atoms with E-state index in [0.717, 1.165) is 40.9 Å². The summed E-state index contributed by atoms with van der Waals surface area (Å²) in [5.74, 6) is 0.782. The van der Waals surface area contributed by atoms with Gasteiger partial charge in [-0.05, 0) is 117 Å². The molecule has 2 aliphatic carbocycles. The number of nitrogens with one attached hydrogen (secondary N) is 2. The van der Waals surface area contributed by atoms with Crippen LogP contribution < -0.4 is 10.6 Å². The zero-order valence-corrected chi connectivity index (χ0v) is 30.1. The van der Waals surface area contributed by atoms with Gasteiger partial charge in [-0.25, -0.2) is 0 Å². The molecular weight excluding hydrogens is 629 g/mol. The van der Waals surface area contributed by atoms with Crippen LogP contribution >= 0.6 is 0 Å². The molecule has 52 heavy (non-hydrogen) atoms. The second kappa shape index (κ2) is 16.3. The van der Waals surface area contributed by atoms with Gasteiger partial charge in [0, 0.05) is 34.8 Å². The molecule has 256 valence electrons. The van der Waals surface area contributed by atoms with Crippen LogP contribution in [0.2, 0.25) is 0 Å². The summed E-state index contributed by atoms with van der Waals surface area (Å²) in [6, 6.07) is 49.4. The normalized spacial score (nSPS) is 17.5. The fourth-order valence-corrected chi connectivity index (χ4v) is 7.04. The summed E-state index contributed by atoms with van der Waals surface area (Å²) >= 11 is 0. The molecule has 0 bridgehead atoms. The van der Waals surface area contributed by atoms with Crippen molar-refractivity contribution in [3.05, 3.63) is 222 Å². The van der Waals surface area contributed by atoms with Crippen LogP contribution in [0.25, 0.3) is 27.8 Å². The lowest BCUT2D eigenvalue weighted by Gasteiger charge is -2.28. The van der Waals surface area contributed by atoms with Crippen LogP contribution in [-0.4, -0.2) is 0 Å². The van der Waals surface area contributed by atoms with E-state index in [1.165, 1.54) is 44.7 Å². The second-order valence-corrected chi connectivity index (χ2v) is 13.8. The van der Waals surface area contributed by atoms with Gasteiger partial charge in [-0.15, -0.1) is 0 Å². The van der Waals surface area contributed by atoms with E-state index in [4.69, 9.17) is 0 Å². The molecule has 0 aliphatic heterocycles. The average molecular weight is 675 g/mol. The molecule has 0 aromatic heterocycles. The molecule has 0 saturated carbocycles. The fourth-order valence-electron chi connectivity index (χ4n) is 7.04. The molecule has 0 radical (unpaired) electrons. The molecule has 2 heteroatoms. The van der Waals surface area contributed by atoms with E-state index in [9.17, 15) is 0 Å². The average Bonchev–Trinajstić information content (AvgIpc) is 3.19. The van der Waals surface area contributed by atoms with E-state index < -0.39 is 0 Å². The van der Waals surface area contributed by atoms with Gasteiger partial charge in [0.1, 0.15) is 0 Å². The van der Waals surface area contributed by atoms with Crippen molar-refractivity contribution in [2.45, 2.75) is 26.7 Å². The van der Waals surface area contributed by atoms with Crippen molar-refractivity contribution in [1.29, 1.82) is 0 Å². The van der Waals surface area contributed by atoms with Gasteiger partial charge in [-0.3, -0.25) is 0 Å². The van der Waals surface area contributed by atoms with Crippen molar-refractivity contribution >= 4 is 28.1 Å². The van der Waals surface area contributed by atoms with Gasteiger partial charge in [-0.1, -0.05) is 148 Å². The van der Waals surface area contributed by atoms with Gasteiger partial charge >= 0.3 is 0 Å². The zero-order chi connectivity index (χ0) is 35.7. The standard InChI is InChI=1S/C50H46N2/c1-36-15-13-20-42(31-36)37(2)32-44(29-30-51-47-23-11-6-12-24-47)43-21-14-22-45(34-43)49-35-46(40-18-9-5-10-19-40)33-38(3)50(49)52-48-27-25-41(26-28-48)39-16-7-4-8-17-39/h4-30,32,34-36,38,51-52H,2,31,33H2,1,3H3/b30-29-,44-32+. The Balaban J connectivity index is 1.28. The minimum Gasteiger partial charge on any atom is -0.362 e. The van der Waals surface area contributed by atoms with Crippen LogP contribution in [0.5, 0.6) is 0 Å². The lowest BCUT2D eigenvalue weighted by Crippen LogP contribution is -2.16. The maximum atomic E-state index is 4.53. The number of allylic oxidation sites excluding steroid dienone is 12. The Hall–Kier alpha value is -6.12. The second-order valence-electron chi connectivity index (χ2n) is 13.8. The van der Waals surface area contributed by atoms with E-state index in [1.807, 2.05) is 24.4 Å². The first kappa shape index (κ1) is 34.3. The Labute approximate surface area is 309 Å². The molecule has 0 amide bonds. The summed E-state index contributed by atoms with van der Waals surface area (Å²) in [6.45, 7) is 9.13. The first-order valence-corrected chi connectivity index (χ1v) is 18.3. The molecule has 2 unspecified atom stereocenters. The SMILES string of the molecule is C=C(/C=C(\C=C/Nc1ccccc1)c1cccc(C2=C(Nc3ccc(-c4ccccc4)cc3)C(C)CC(c3ccccc3)=C2)c1)C1=CC=CC(C)C1. The summed E-state index contributed by atoms with van der Waals surface area (Å²) in [5, 5.41) is 7.33. The van der Waals surface area contributed by atoms with Crippen molar-refractivity contribution in [2.24, 2.45) is 11.8 Å². The van der Waals surface area contributed by atoms with Gasteiger partial charge in [-0.2, -0.15) is 0 Å². The van der Waals surface area contributed by atoms with E-state index >= 15 is 0 Å². The van der Waals surface area contributed by atoms with Gasteiger partial charge in [0.2, 0.25) is 0 Å².